The Morgan fingerprint density at radius 3 is 1.14 bits per heavy atom. The summed E-state index contributed by atoms with van der Waals surface area (Å²) in [6, 6.07) is -0.867. The summed E-state index contributed by atoms with van der Waals surface area (Å²) in [4.78, 5) is 23.4. The van der Waals surface area contributed by atoms with Crippen LogP contribution in [0.3, 0.4) is 0 Å². The van der Waals surface area contributed by atoms with Gasteiger partial charge in [0.05, 0.1) is 39.9 Å². The molecule has 0 aliphatic carbocycles. The number of aliphatic hydroxyl groups excluding tert-OH is 1. The lowest BCUT2D eigenvalue weighted by Crippen LogP contribution is -2.45. The van der Waals surface area contributed by atoms with E-state index >= 15 is 0 Å². The first-order valence-electron chi connectivity index (χ1n) is 34.5. The average molecular weight is 1150 g/mol. The van der Waals surface area contributed by atoms with E-state index < -0.39 is 20.0 Å². The molecule has 0 spiro atoms. The SMILES string of the molecule is CC/C=C\C/C=C\C/C=C\C/C=C\C/C=C\CCCCCCCCCCCCCCCCCCCCCC(=O)NC(COP(=O)(O)OCC[N+](C)(C)C)C(O)/C=C/CC/C=C/CCCCCCCCCCCCCCCCCCCC. The first-order chi connectivity index (χ1) is 39.5. The van der Waals surface area contributed by atoms with E-state index in [0.29, 0.717) is 17.4 Å². The molecule has 0 aromatic carbocycles. The summed E-state index contributed by atoms with van der Waals surface area (Å²) in [7, 11) is 1.56. The zero-order chi connectivity index (χ0) is 59.1. The standard InChI is InChI=1S/C72H133N2O6P/c1-6-8-10-12-14-16-18-20-22-24-26-28-30-32-33-34-35-36-37-38-39-40-41-42-44-46-48-50-52-54-56-58-60-62-64-66-72(76)73-70(69-80-81(77,78)79-68-67-74(3,4)5)71(75)65-63-61-59-57-55-53-51-49-47-45-43-31-29-27-25-23-21-19-17-15-13-11-9-7-2/h8,10,14,16,20,22,26,28,32-33,55,57,63,65,70-71,75H,6-7,9,11-13,15,17-19,21,23-25,27,29-31,34-54,56,58-62,64,66-69H2,1-5H3,(H-,73,76,77,78)/p+1/b10-8-,16-14-,22-20-,28-26-,33-32-,57-55+,65-63+. The Morgan fingerprint density at radius 2 is 0.753 bits per heavy atom. The van der Waals surface area contributed by atoms with Crippen LogP contribution < -0.4 is 5.32 Å². The number of nitrogens with one attached hydrogen (secondary N) is 1. The predicted octanol–water partition coefficient (Wildman–Crippen LogP) is 21.9. The summed E-state index contributed by atoms with van der Waals surface area (Å²) >= 11 is 0. The van der Waals surface area contributed by atoms with E-state index in [1.807, 2.05) is 27.2 Å². The van der Waals surface area contributed by atoms with Crippen LogP contribution in [0.5, 0.6) is 0 Å². The van der Waals surface area contributed by atoms with Gasteiger partial charge in [-0.1, -0.05) is 317 Å². The normalized spacial score (nSPS) is 14.2. The maximum Gasteiger partial charge on any atom is 0.472 e. The molecule has 3 unspecified atom stereocenters. The minimum Gasteiger partial charge on any atom is -0.387 e. The molecule has 8 nitrogen and oxygen atoms in total. The molecular weight excluding hydrogens is 1020 g/mol. The molecule has 0 aromatic heterocycles. The molecule has 0 rings (SSSR count). The smallest absolute Gasteiger partial charge is 0.387 e. The largest absolute Gasteiger partial charge is 0.472 e. The van der Waals surface area contributed by atoms with Crippen molar-refractivity contribution in [3.63, 3.8) is 0 Å². The second kappa shape index (κ2) is 62.2. The third kappa shape index (κ3) is 65.1. The zero-order valence-corrected chi connectivity index (χ0v) is 54.9. The van der Waals surface area contributed by atoms with Crippen LogP contribution in [0.1, 0.15) is 316 Å². The number of carbonyl (C=O) groups is 1. The first-order valence-corrected chi connectivity index (χ1v) is 36.0. The second-order valence-corrected chi connectivity index (χ2v) is 26.0. The summed E-state index contributed by atoms with van der Waals surface area (Å²) in [5, 5.41) is 14.0. The zero-order valence-electron chi connectivity index (χ0n) is 54.0. The Hall–Kier alpha value is -2.32. The number of quaternary nitrogens is 1. The molecule has 0 aliphatic rings. The maximum absolute atomic E-state index is 13.0. The number of carbonyl (C=O) groups excluding carboxylic acids is 1. The van der Waals surface area contributed by atoms with Crippen LogP contribution in [-0.2, 0) is 18.4 Å². The molecule has 0 saturated heterocycles. The van der Waals surface area contributed by atoms with Crippen LogP contribution in [0, 0.1) is 0 Å². The van der Waals surface area contributed by atoms with Gasteiger partial charge in [-0.15, -0.1) is 0 Å². The number of amides is 1. The molecule has 81 heavy (non-hydrogen) atoms. The highest BCUT2D eigenvalue weighted by Gasteiger charge is 2.28. The van der Waals surface area contributed by atoms with Crippen LogP contribution in [0.15, 0.2) is 85.1 Å². The lowest BCUT2D eigenvalue weighted by Gasteiger charge is -2.25. The number of allylic oxidation sites excluding steroid dienone is 13. The van der Waals surface area contributed by atoms with Gasteiger partial charge in [-0.05, 0) is 77.0 Å². The fourth-order valence-corrected chi connectivity index (χ4v) is 10.8. The minimum absolute atomic E-state index is 0.0552. The van der Waals surface area contributed by atoms with Crippen LogP contribution in [0.25, 0.3) is 0 Å². The van der Waals surface area contributed by atoms with Gasteiger partial charge in [-0.3, -0.25) is 13.8 Å². The monoisotopic (exact) mass is 1150 g/mol. The lowest BCUT2D eigenvalue weighted by molar-refractivity contribution is -0.870. The Kier molecular flexibility index (Phi) is 60.4. The molecule has 3 atom stereocenters. The maximum atomic E-state index is 13.0. The van der Waals surface area contributed by atoms with E-state index in [1.165, 1.54) is 225 Å². The number of aliphatic hydroxyl groups is 1. The number of phosphoric ester groups is 1. The summed E-state index contributed by atoms with van der Waals surface area (Å²) in [5.74, 6) is -0.184. The number of nitrogens with zero attached hydrogens (tertiary/aromatic N) is 1. The molecule has 472 valence electrons. The molecule has 1 amide bonds. The molecule has 0 fully saturated rings. The Bertz CT molecular complexity index is 1600. The van der Waals surface area contributed by atoms with Crippen LogP contribution in [0.2, 0.25) is 0 Å². The number of phosphoric acid groups is 1. The highest BCUT2D eigenvalue weighted by Crippen LogP contribution is 2.43. The number of hydrogen-bond acceptors (Lipinski definition) is 5. The number of rotatable bonds is 63. The Labute approximate surface area is 503 Å². The van der Waals surface area contributed by atoms with Gasteiger partial charge in [0.15, 0.2) is 0 Å². The van der Waals surface area contributed by atoms with E-state index in [1.54, 1.807) is 6.08 Å². The van der Waals surface area contributed by atoms with Crippen molar-refractivity contribution in [3.8, 4) is 0 Å². The van der Waals surface area contributed by atoms with Gasteiger partial charge < -0.3 is 19.8 Å². The number of likely N-dealkylation sites (N-methyl/N-ethyl adjacent to an activating group) is 1. The third-order valence-corrected chi connectivity index (χ3v) is 16.3. The molecule has 9 heteroatoms. The van der Waals surface area contributed by atoms with E-state index in [2.05, 4.69) is 92.1 Å². The average Bonchev–Trinajstić information content (AvgIpc) is 3.43. The summed E-state index contributed by atoms with van der Waals surface area (Å²) < 4.78 is 23.8. The predicted molar refractivity (Wildman–Crippen MR) is 355 cm³/mol. The molecule has 0 aromatic rings. The van der Waals surface area contributed by atoms with E-state index in [-0.39, 0.29) is 19.1 Å². The lowest BCUT2D eigenvalue weighted by atomic mass is 10.0. The van der Waals surface area contributed by atoms with Crippen LogP contribution in [-0.4, -0.2) is 73.4 Å². The van der Waals surface area contributed by atoms with E-state index in [0.717, 1.165) is 70.6 Å². The fourth-order valence-electron chi connectivity index (χ4n) is 10.0. The first kappa shape index (κ1) is 78.7. The third-order valence-electron chi connectivity index (χ3n) is 15.3. The highest BCUT2D eigenvalue weighted by atomic mass is 31.2. The molecule has 0 saturated carbocycles. The van der Waals surface area contributed by atoms with Gasteiger partial charge in [-0.25, -0.2) is 4.57 Å². The molecule has 0 aliphatic heterocycles. The van der Waals surface area contributed by atoms with Crippen molar-refractivity contribution in [2.45, 2.75) is 328 Å². The molecule has 3 N–H and O–H groups in total. The molecule has 0 bridgehead atoms. The quantitative estimate of drug-likeness (QED) is 0.0243. The van der Waals surface area contributed by atoms with Crippen molar-refractivity contribution in [2.75, 3.05) is 40.9 Å². The highest BCUT2D eigenvalue weighted by molar-refractivity contribution is 7.47. The van der Waals surface area contributed by atoms with Gasteiger partial charge in [-0.2, -0.15) is 0 Å². The van der Waals surface area contributed by atoms with Gasteiger partial charge in [0.25, 0.3) is 0 Å². The number of unbranched alkanes of at least 4 members (excludes halogenated alkanes) is 38. The van der Waals surface area contributed by atoms with Crippen LogP contribution >= 0.6 is 7.82 Å². The summed E-state index contributed by atoms with van der Waals surface area (Å²) in [5.41, 5.74) is 0. The van der Waals surface area contributed by atoms with Gasteiger partial charge in [0.2, 0.25) is 5.91 Å². The van der Waals surface area contributed by atoms with Crippen molar-refractivity contribution in [3.05, 3.63) is 85.1 Å². The summed E-state index contributed by atoms with van der Waals surface area (Å²) in [6.45, 7) is 4.72. The van der Waals surface area contributed by atoms with Crippen molar-refractivity contribution in [1.82, 2.24) is 5.32 Å². The molecule has 0 radical (unpaired) electrons. The molecule has 0 heterocycles. The van der Waals surface area contributed by atoms with E-state index in [4.69, 9.17) is 9.05 Å². The fraction of sp³-hybridized carbons (Fsp3) is 0.792. The van der Waals surface area contributed by atoms with E-state index in [9.17, 15) is 19.4 Å². The minimum atomic E-state index is -4.36. The van der Waals surface area contributed by atoms with Gasteiger partial charge in [0.1, 0.15) is 13.2 Å². The van der Waals surface area contributed by atoms with Crippen molar-refractivity contribution < 1.29 is 32.9 Å². The topological polar surface area (TPSA) is 105 Å². The number of hydrogen-bond donors (Lipinski definition) is 3. The second-order valence-electron chi connectivity index (χ2n) is 24.5. The van der Waals surface area contributed by atoms with Gasteiger partial charge in [0, 0.05) is 6.42 Å². The van der Waals surface area contributed by atoms with Crippen LogP contribution in [0.4, 0.5) is 0 Å². The molecular formula is C72H134N2O6P+. The van der Waals surface area contributed by atoms with Crippen molar-refractivity contribution >= 4 is 13.7 Å². The van der Waals surface area contributed by atoms with Crippen molar-refractivity contribution in [1.29, 1.82) is 0 Å². The Morgan fingerprint density at radius 1 is 0.432 bits per heavy atom. The Balaban J connectivity index is 4.07. The van der Waals surface area contributed by atoms with Gasteiger partial charge >= 0.3 is 7.82 Å². The van der Waals surface area contributed by atoms with Crippen molar-refractivity contribution in [2.24, 2.45) is 0 Å². The summed E-state index contributed by atoms with van der Waals surface area (Å²) in [6.07, 6.45) is 88.7.